The Morgan fingerprint density at radius 1 is 1.33 bits per heavy atom. The Bertz CT molecular complexity index is 930. The number of nitrogens with one attached hydrogen (secondary N) is 1. The van der Waals surface area contributed by atoms with E-state index in [-0.39, 0.29) is 17.1 Å². The molecule has 5 nitrogen and oxygen atoms in total. The number of aromatic amines is 1. The third-order valence-electron chi connectivity index (χ3n) is 3.03. The van der Waals surface area contributed by atoms with Gasteiger partial charge in [-0.2, -0.15) is 0 Å². The van der Waals surface area contributed by atoms with Gasteiger partial charge in [0.25, 0.3) is 5.56 Å². The molecule has 2 aromatic heterocycles. The molecule has 0 aliphatic heterocycles. The smallest absolute Gasteiger partial charge is 0.273 e. The van der Waals surface area contributed by atoms with Crippen LogP contribution in [0.1, 0.15) is 17.4 Å². The number of aromatic nitrogens is 3. The molecule has 3 rings (SSSR count). The highest BCUT2D eigenvalue weighted by Crippen LogP contribution is 2.24. The Balaban J connectivity index is 2.24. The van der Waals surface area contributed by atoms with E-state index in [4.69, 9.17) is 0 Å². The first-order chi connectivity index (χ1) is 9.95. The summed E-state index contributed by atoms with van der Waals surface area (Å²) in [6, 6.07) is 7.29. The Morgan fingerprint density at radius 2 is 2.10 bits per heavy atom. The van der Waals surface area contributed by atoms with Gasteiger partial charge in [0, 0.05) is 29.1 Å². The number of ketones is 1. The third-order valence-corrected chi connectivity index (χ3v) is 3.53. The van der Waals surface area contributed by atoms with E-state index in [0.717, 1.165) is 6.07 Å². The zero-order valence-electron chi connectivity index (χ0n) is 10.9. The van der Waals surface area contributed by atoms with Crippen LogP contribution < -0.4 is 5.56 Å². The molecule has 0 saturated carbocycles. The number of benzene rings is 1. The van der Waals surface area contributed by atoms with Crippen LogP contribution in [0.25, 0.3) is 16.9 Å². The van der Waals surface area contributed by atoms with Gasteiger partial charge in [-0.05, 0) is 18.2 Å². The van der Waals surface area contributed by atoms with Crippen molar-refractivity contribution in [2.45, 2.75) is 6.92 Å². The molecular weight excluding hydrogens is 341 g/mol. The number of carbonyl (C=O) groups is 1. The highest BCUT2D eigenvalue weighted by Gasteiger charge is 2.12. The zero-order chi connectivity index (χ0) is 15.1. The number of halogens is 2. The molecule has 0 amide bonds. The lowest BCUT2D eigenvalue weighted by Crippen LogP contribution is -2.16. The van der Waals surface area contributed by atoms with E-state index in [2.05, 4.69) is 26.0 Å². The first-order valence-electron chi connectivity index (χ1n) is 6.05. The van der Waals surface area contributed by atoms with Crippen LogP contribution in [-0.2, 0) is 0 Å². The maximum absolute atomic E-state index is 14.0. The van der Waals surface area contributed by atoms with Crippen LogP contribution in [-0.4, -0.2) is 20.4 Å². The van der Waals surface area contributed by atoms with E-state index < -0.39 is 11.4 Å². The van der Waals surface area contributed by atoms with Crippen LogP contribution in [0.15, 0.2) is 39.6 Å². The number of nitrogens with zero attached hydrogens (tertiary/aromatic N) is 2. The monoisotopic (exact) mass is 349 g/mol. The van der Waals surface area contributed by atoms with Gasteiger partial charge in [0.15, 0.2) is 11.4 Å². The summed E-state index contributed by atoms with van der Waals surface area (Å²) in [7, 11) is 0. The zero-order valence-corrected chi connectivity index (χ0v) is 12.4. The minimum atomic E-state index is -0.434. The van der Waals surface area contributed by atoms with Crippen molar-refractivity contribution in [1.29, 1.82) is 0 Å². The summed E-state index contributed by atoms with van der Waals surface area (Å²) in [6.45, 7) is 1.33. The highest BCUT2D eigenvalue weighted by atomic mass is 79.9. The van der Waals surface area contributed by atoms with Crippen LogP contribution in [0.4, 0.5) is 4.39 Å². The lowest BCUT2D eigenvalue weighted by atomic mass is 10.1. The predicted molar refractivity (Wildman–Crippen MR) is 78.9 cm³/mol. The second-order valence-electron chi connectivity index (χ2n) is 4.52. The number of rotatable bonds is 2. The molecule has 0 spiro atoms. The molecule has 7 heteroatoms. The Morgan fingerprint density at radius 3 is 2.76 bits per heavy atom. The number of fused-ring (bicyclic) bond motifs is 1. The average Bonchev–Trinajstić information content (AvgIpc) is 2.82. The van der Waals surface area contributed by atoms with Gasteiger partial charge in [-0.1, -0.05) is 15.9 Å². The van der Waals surface area contributed by atoms with Crippen LogP contribution in [0.5, 0.6) is 0 Å². The van der Waals surface area contributed by atoms with Gasteiger partial charge >= 0.3 is 0 Å². The molecule has 1 aromatic carbocycles. The van der Waals surface area contributed by atoms with Gasteiger partial charge in [0.1, 0.15) is 11.5 Å². The molecule has 0 atom stereocenters. The molecule has 3 aromatic rings. The molecule has 21 heavy (non-hydrogen) atoms. The molecule has 0 radical (unpaired) electrons. The standard InChI is InChI=1S/C14H9BrFN3O2/c1-7(20)11-6-14(21)19-13(17-11)5-12(18-19)9-3-2-8(15)4-10(9)16/h2-6,18H,1H3. The summed E-state index contributed by atoms with van der Waals surface area (Å²) >= 11 is 3.19. The molecule has 0 unspecified atom stereocenters. The first-order valence-corrected chi connectivity index (χ1v) is 6.84. The summed E-state index contributed by atoms with van der Waals surface area (Å²) in [5, 5.41) is 2.78. The second-order valence-corrected chi connectivity index (χ2v) is 5.44. The number of carbonyl (C=O) groups excluding carboxylic acids is 1. The maximum Gasteiger partial charge on any atom is 0.273 e. The molecule has 106 valence electrons. The van der Waals surface area contributed by atoms with Gasteiger partial charge < -0.3 is 0 Å². The van der Waals surface area contributed by atoms with Crippen molar-refractivity contribution in [3.05, 3.63) is 56.7 Å². The fourth-order valence-electron chi connectivity index (χ4n) is 2.02. The number of Topliss-reactive ketones (excluding diaryl/α,β-unsaturated/α-hetero) is 1. The number of hydrogen-bond donors (Lipinski definition) is 1. The van der Waals surface area contributed by atoms with Crippen LogP contribution in [0.2, 0.25) is 0 Å². The second kappa shape index (κ2) is 4.92. The summed E-state index contributed by atoms with van der Waals surface area (Å²) in [6.07, 6.45) is 0. The number of H-pyrrole nitrogens is 1. The summed E-state index contributed by atoms with van der Waals surface area (Å²) in [5.74, 6) is -0.733. The van der Waals surface area contributed by atoms with Crippen LogP contribution in [0, 0.1) is 5.82 Å². The molecule has 2 heterocycles. The molecule has 0 aliphatic carbocycles. The minimum absolute atomic E-state index is 0.0850. The van der Waals surface area contributed by atoms with E-state index >= 15 is 0 Å². The van der Waals surface area contributed by atoms with Crippen molar-refractivity contribution in [3.63, 3.8) is 0 Å². The topological polar surface area (TPSA) is 67.2 Å². The summed E-state index contributed by atoms with van der Waals surface area (Å²) in [4.78, 5) is 27.3. The third kappa shape index (κ3) is 2.40. The van der Waals surface area contributed by atoms with Crippen LogP contribution in [0.3, 0.4) is 0 Å². The first kappa shape index (κ1) is 13.7. The molecule has 0 saturated heterocycles. The van der Waals surface area contributed by atoms with Crippen molar-refractivity contribution >= 4 is 27.4 Å². The van der Waals surface area contributed by atoms with Gasteiger partial charge in [0.05, 0.1) is 5.69 Å². The molecular formula is C14H9BrFN3O2. The van der Waals surface area contributed by atoms with Gasteiger partial charge in [-0.25, -0.2) is 13.9 Å². The summed E-state index contributed by atoms with van der Waals surface area (Å²) < 4.78 is 15.8. The van der Waals surface area contributed by atoms with Crippen molar-refractivity contribution in [3.8, 4) is 11.3 Å². The SMILES string of the molecule is CC(=O)c1cc(=O)n2[nH]c(-c3ccc(Br)cc3F)cc2n1. The van der Waals surface area contributed by atoms with Gasteiger partial charge in [0.2, 0.25) is 0 Å². The van der Waals surface area contributed by atoms with E-state index in [1.807, 2.05) is 0 Å². The fraction of sp³-hybridized carbons (Fsp3) is 0.0714. The van der Waals surface area contributed by atoms with Gasteiger partial charge in [-0.3, -0.25) is 14.7 Å². The largest absolute Gasteiger partial charge is 0.293 e. The lowest BCUT2D eigenvalue weighted by molar-refractivity contribution is 0.101. The molecule has 0 fully saturated rings. The normalized spacial score (nSPS) is 11.0. The highest BCUT2D eigenvalue weighted by molar-refractivity contribution is 9.10. The molecule has 0 aliphatic rings. The van der Waals surface area contributed by atoms with Crippen molar-refractivity contribution in [2.75, 3.05) is 0 Å². The Labute approximate surface area is 126 Å². The van der Waals surface area contributed by atoms with Crippen molar-refractivity contribution in [2.24, 2.45) is 0 Å². The summed E-state index contributed by atoms with van der Waals surface area (Å²) in [5.41, 5.74) is 0.651. The average molecular weight is 350 g/mol. The van der Waals surface area contributed by atoms with Gasteiger partial charge in [-0.15, -0.1) is 0 Å². The quantitative estimate of drug-likeness (QED) is 0.723. The predicted octanol–water partition coefficient (Wildman–Crippen LogP) is 2.79. The van der Waals surface area contributed by atoms with E-state index in [1.165, 1.54) is 23.6 Å². The van der Waals surface area contributed by atoms with E-state index in [1.54, 1.807) is 12.1 Å². The molecule has 1 N–H and O–H groups in total. The minimum Gasteiger partial charge on any atom is -0.293 e. The fourth-order valence-corrected chi connectivity index (χ4v) is 2.35. The van der Waals surface area contributed by atoms with Crippen molar-refractivity contribution in [1.82, 2.24) is 14.6 Å². The Kier molecular flexibility index (Phi) is 3.21. The Hall–Kier alpha value is -2.28. The molecule has 0 bridgehead atoms. The number of hydrogen-bond acceptors (Lipinski definition) is 3. The van der Waals surface area contributed by atoms with Crippen molar-refractivity contribution < 1.29 is 9.18 Å². The van der Waals surface area contributed by atoms with E-state index in [9.17, 15) is 14.0 Å². The van der Waals surface area contributed by atoms with Crippen LogP contribution >= 0.6 is 15.9 Å². The maximum atomic E-state index is 14.0. The lowest BCUT2D eigenvalue weighted by Gasteiger charge is -2.00. The van der Waals surface area contributed by atoms with E-state index in [0.29, 0.717) is 15.7 Å².